The number of rotatable bonds is 6. The summed E-state index contributed by atoms with van der Waals surface area (Å²) in [5, 5.41) is 12.6. The summed E-state index contributed by atoms with van der Waals surface area (Å²) in [6, 6.07) is 2.07. The van der Waals surface area contributed by atoms with Gasteiger partial charge in [-0.15, -0.1) is 0 Å². The van der Waals surface area contributed by atoms with Crippen LogP contribution in [0.2, 0.25) is 0 Å². The fourth-order valence-corrected chi connectivity index (χ4v) is 1.98. The second-order valence-corrected chi connectivity index (χ2v) is 4.76. The average molecular weight is 225 g/mol. The highest BCUT2D eigenvalue weighted by Crippen LogP contribution is 2.13. The number of nitrogens with one attached hydrogen (secondary N) is 1. The predicted octanol–water partition coefficient (Wildman–Crippen LogP) is 2.39. The van der Waals surface area contributed by atoms with Crippen LogP contribution >= 0.6 is 0 Å². The van der Waals surface area contributed by atoms with Gasteiger partial charge in [0, 0.05) is 12.1 Å². The second kappa shape index (κ2) is 6.06. The van der Waals surface area contributed by atoms with Crippen molar-refractivity contribution < 1.29 is 9.52 Å². The normalized spacial score (nSPS) is 15.1. The van der Waals surface area contributed by atoms with Crippen molar-refractivity contribution in [2.45, 2.75) is 46.8 Å². The summed E-state index contributed by atoms with van der Waals surface area (Å²) in [5.74, 6) is 2.45. The fourth-order valence-electron chi connectivity index (χ4n) is 1.98. The number of aliphatic hydroxyl groups excluding tert-OH is 1. The molecule has 0 aromatic carbocycles. The molecule has 16 heavy (non-hydrogen) atoms. The summed E-state index contributed by atoms with van der Waals surface area (Å²) in [4.78, 5) is 0. The summed E-state index contributed by atoms with van der Waals surface area (Å²) in [7, 11) is 0. The molecule has 0 spiro atoms. The summed E-state index contributed by atoms with van der Waals surface area (Å²) < 4.78 is 5.46. The van der Waals surface area contributed by atoms with Crippen molar-refractivity contribution in [2.75, 3.05) is 6.54 Å². The smallest absolute Gasteiger partial charge is 0.105 e. The lowest BCUT2D eigenvalue weighted by molar-refractivity contribution is 0.163. The molecule has 1 rings (SSSR count). The van der Waals surface area contributed by atoms with E-state index in [1.165, 1.54) is 5.56 Å². The quantitative estimate of drug-likeness (QED) is 0.781. The van der Waals surface area contributed by atoms with Crippen molar-refractivity contribution in [1.82, 2.24) is 5.32 Å². The first-order valence-electron chi connectivity index (χ1n) is 5.93. The van der Waals surface area contributed by atoms with E-state index in [0.717, 1.165) is 31.0 Å². The van der Waals surface area contributed by atoms with Crippen LogP contribution in [0.1, 0.15) is 37.4 Å². The highest BCUT2D eigenvalue weighted by molar-refractivity contribution is 5.19. The zero-order valence-corrected chi connectivity index (χ0v) is 10.7. The van der Waals surface area contributed by atoms with Gasteiger partial charge in [0.1, 0.15) is 11.5 Å². The molecule has 0 radical (unpaired) electrons. The number of aryl methyl sites for hydroxylation is 2. The Kier molecular flexibility index (Phi) is 5.03. The summed E-state index contributed by atoms with van der Waals surface area (Å²) >= 11 is 0. The Balaban J connectivity index is 2.27. The van der Waals surface area contributed by atoms with Crippen molar-refractivity contribution in [3.05, 3.63) is 23.2 Å². The van der Waals surface area contributed by atoms with Crippen molar-refractivity contribution in [3.8, 4) is 0 Å². The molecule has 2 N–H and O–H groups in total. The molecule has 2 unspecified atom stereocenters. The maximum Gasteiger partial charge on any atom is 0.105 e. The van der Waals surface area contributed by atoms with Crippen LogP contribution in [0.4, 0.5) is 0 Å². The molecule has 1 heterocycles. The summed E-state index contributed by atoms with van der Waals surface area (Å²) in [5.41, 5.74) is 1.22. The van der Waals surface area contributed by atoms with E-state index in [-0.39, 0.29) is 6.10 Å². The SMILES string of the molecule is Cc1cc(CNCC(C)CC(C)O)c(C)o1. The Hall–Kier alpha value is -0.800. The van der Waals surface area contributed by atoms with Crippen molar-refractivity contribution in [3.63, 3.8) is 0 Å². The predicted molar refractivity (Wildman–Crippen MR) is 65.4 cm³/mol. The molecule has 1 aromatic heterocycles. The van der Waals surface area contributed by atoms with Crippen LogP contribution in [0.5, 0.6) is 0 Å². The minimum absolute atomic E-state index is 0.213. The summed E-state index contributed by atoms with van der Waals surface area (Å²) in [6.45, 7) is 9.70. The van der Waals surface area contributed by atoms with Crippen LogP contribution in [0.25, 0.3) is 0 Å². The lowest BCUT2D eigenvalue weighted by Gasteiger charge is -2.13. The Labute approximate surface area is 97.9 Å². The molecule has 0 saturated heterocycles. The maximum absolute atomic E-state index is 9.24. The van der Waals surface area contributed by atoms with Crippen LogP contribution in [0, 0.1) is 19.8 Å². The van der Waals surface area contributed by atoms with E-state index in [2.05, 4.69) is 18.3 Å². The Morgan fingerprint density at radius 2 is 2.06 bits per heavy atom. The third kappa shape index (κ3) is 4.37. The van der Waals surface area contributed by atoms with Gasteiger partial charge in [-0.1, -0.05) is 6.92 Å². The largest absolute Gasteiger partial charge is 0.466 e. The first-order valence-corrected chi connectivity index (χ1v) is 5.93. The monoisotopic (exact) mass is 225 g/mol. The van der Waals surface area contributed by atoms with Gasteiger partial charge in [0.2, 0.25) is 0 Å². The minimum atomic E-state index is -0.213. The van der Waals surface area contributed by atoms with Gasteiger partial charge >= 0.3 is 0 Å². The first-order chi connectivity index (χ1) is 7.49. The van der Waals surface area contributed by atoms with E-state index in [0.29, 0.717) is 5.92 Å². The molecular formula is C13H23NO2. The fraction of sp³-hybridized carbons (Fsp3) is 0.692. The average Bonchev–Trinajstić information content (AvgIpc) is 2.44. The molecule has 0 aliphatic rings. The lowest BCUT2D eigenvalue weighted by atomic mass is 10.0. The van der Waals surface area contributed by atoms with E-state index >= 15 is 0 Å². The van der Waals surface area contributed by atoms with Gasteiger partial charge in [0.15, 0.2) is 0 Å². The van der Waals surface area contributed by atoms with E-state index in [1.807, 2.05) is 20.8 Å². The van der Waals surface area contributed by atoms with Crippen molar-refractivity contribution in [1.29, 1.82) is 0 Å². The Morgan fingerprint density at radius 3 is 2.56 bits per heavy atom. The first kappa shape index (κ1) is 13.3. The lowest BCUT2D eigenvalue weighted by Crippen LogP contribution is -2.23. The summed E-state index contributed by atoms with van der Waals surface area (Å²) in [6.07, 6.45) is 0.630. The molecule has 0 saturated carbocycles. The van der Waals surface area contributed by atoms with Gasteiger partial charge in [-0.25, -0.2) is 0 Å². The van der Waals surface area contributed by atoms with E-state index in [9.17, 15) is 5.11 Å². The molecule has 0 aliphatic carbocycles. The second-order valence-electron chi connectivity index (χ2n) is 4.76. The molecule has 3 heteroatoms. The van der Waals surface area contributed by atoms with E-state index in [4.69, 9.17) is 4.42 Å². The van der Waals surface area contributed by atoms with Crippen LogP contribution < -0.4 is 5.32 Å². The van der Waals surface area contributed by atoms with Crippen molar-refractivity contribution >= 4 is 0 Å². The molecule has 0 bridgehead atoms. The van der Waals surface area contributed by atoms with Crippen LogP contribution in [0.15, 0.2) is 10.5 Å². The zero-order chi connectivity index (χ0) is 12.1. The third-order valence-corrected chi connectivity index (χ3v) is 2.70. The highest BCUT2D eigenvalue weighted by Gasteiger charge is 2.07. The standard InChI is InChI=1S/C13H23NO2/c1-9(5-10(2)15)7-14-8-13-6-11(3)16-12(13)4/h6,9-10,14-15H,5,7-8H2,1-4H3. The van der Waals surface area contributed by atoms with Gasteiger partial charge in [0.25, 0.3) is 0 Å². The maximum atomic E-state index is 9.24. The zero-order valence-electron chi connectivity index (χ0n) is 10.7. The molecule has 92 valence electrons. The van der Waals surface area contributed by atoms with Gasteiger partial charge in [-0.3, -0.25) is 0 Å². The van der Waals surface area contributed by atoms with E-state index in [1.54, 1.807) is 0 Å². The van der Waals surface area contributed by atoms with Crippen LogP contribution in [-0.4, -0.2) is 17.8 Å². The van der Waals surface area contributed by atoms with Crippen LogP contribution in [0.3, 0.4) is 0 Å². The van der Waals surface area contributed by atoms with Gasteiger partial charge < -0.3 is 14.8 Å². The highest BCUT2D eigenvalue weighted by atomic mass is 16.3. The molecule has 1 aromatic rings. The Bertz CT molecular complexity index is 318. The Morgan fingerprint density at radius 1 is 1.38 bits per heavy atom. The molecule has 0 aliphatic heterocycles. The third-order valence-electron chi connectivity index (χ3n) is 2.70. The minimum Gasteiger partial charge on any atom is -0.466 e. The molecule has 0 amide bonds. The number of hydrogen-bond donors (Lipinski definition) is 2. The van der Waals surface area contributed by atoms with Crippen LogP contribution in [-0.2, 0) is 6.54 Å². The number of aliphatic hydroxyl groups is 1. The molecular weight excluding hydrogens is 202 g/mol. The van der Waals surface area contributed by atoms with Gasteiger partial charge in [0.05, 0.1) is 6.10 Å². The molecule has 2 atom stereocenters. The van der Waals surface area contributed by atoms with Crippen molar-refractivity contribution in [2.24, 2.45) is 5.92 Å². The molecule has 3 nitrogen and oxygen atoms in total. The number of hydrogen-bond acceptors (Lipinski definition) is 3. The molecule has 0 fully saturated rings. The van der Waals surface area contributed by atoms with Gasteiger partial charge in [-0.2, -0.15) is 0 Å². The van der Waals surface area contributed by atoms with E-state index < -0.39 is 0 Å². The number of furan rings is 1. The topological polar surface area (TPSA) is 45.4 Å². The van der Waals surface area contributed by atoms with Gasteiger partial charge in [-0.05, 0) is 45.7 Å².